The first kappa shape index (κ1) is 33.8. The van der Waals surface area contributed by atoms with Crippen molar-refractivity contribution in [2.24, 2.45) is 0 Å². The van der Waals surface area contributed by atoms with Crippen LogP contribution in [0.15, 0.2) is 12.3 Å². The third-order valence-electron chi connectivity index (χ3n) is 2.00. The van der Waals surface area contributed by atoms with Gasteiger partial charge in [0, 0.05) is 13.2 Å². The van der Waals surface area contributed by atoms with Crippen LogP contribution in [-0.4, -0.2) is 107 Å². The second-order valence-electron chi connectivity index (χ2n) is 4.22. The van der Waals surface area contributed by atoms with Crippen LogP contribution in [0.25, 0.3) is 0 Å². The van der Waals surface area contributed by atoms with Crippen LogP contribution in [0.1, 0.15) is 20.8 Å². The fourth-order valence-electron chi connectivity index (χ4n) is 1.01. The first-order valence-corrected chi connectivity index (χ1v) is 9.04. The number of hydrogen-bond acceptors (Lipinski definition) is 9. The quantitative estimate of drug-likeness (QED) is 0.238. The Kier molecular flexibility index (Phi) is 55.8. The minimum atomic E-state index is -0.125. The molecule has 0 unspecified atom stereocenters. The minimum Gasteiger partial charge on any atom is -0.505 e. The van der Waals surface area contributed by atoms with E-state index in [9.17, 15) is 0 Å². The predicted octanol–water partition coefficient (Wildman–Crippen LogP) is 0.201. The fraction of sp³-hybridized carbons (Fsp3) is 0.889. The maximum absolute atomic E-state index is 8.36. The summed E-state index contributed by atoms with van der Waals surface area (Å²) in [6.07, 6.45) is 3.46. The Hall–Kier alpha value is -0.780. The Morgan fingerprint density at radius 3 is 1.11 bits per heavy atom. The third kappa shape index (κ3) is 67.2. The van der Waals surface area contributed by atoms with E-state index < -0.39 is 0 Å². The molecule has 0 amide bonds. The van der Waals surface area contributed by atoms with Gasteiger partial charge in [-0.3, -0.25) is 0 Å². The Morgan fingerprint density at radius 1 is 0.593 bits per heavy atom. The molecule has 27 heavy (non-hydrogen) atoms. The lowest BCUT2D eigenvalue weighted by Crippen LogP contribution is -2.11. The lowest BCUT2D eigenvalue weighted by atomic mass is 10.7. The molecule has 0 saturated carbocycles. The molecule has 0 aliphatic carbocycles. The van der Waals surface area contributed by atoms with Crippen molar-refractivity contribution in [1.29, 1.82) is 0 Å². The van der Waals surface area contributed by atoms with Gasteiger partial charge in [0.2, 0.25) is 0 Å². The summed E-state index contributed by atoms with van der Waals surface area (Å²) in [6, 6.07) is 0. The topological polar surface area (TPSA) is 127 Å². The smallest absolute Gasteiger partial charge is 0.0781 e. The zero-order chi connectivity index (χ0) is 21.4. The summed E-state index contributed by atoms with van der Waals surface area (Å²) >= 11 is 0. The average Bonchev–Trinajstić information content (AvgIpc) is 2.69. The zero-order valence-electron chi connectivity index (χ0n) is 17.5. The Bertz CT molecular complexity index is 203. The molecule has 9 heteroatoms. The molecule has 0 radical (unpaired) electrons. The standard InChI is InChI=1S/C8H18O5.C4H8O.C4H10O.C2H6O2/c9-1-3-11-5-7-13-8-6-12-4-2-10;1-3-4-5-2;1-3-5-4-2;3-1-2-4/h9-10H,1-8H2;3-4H,1-2H3;3-4H2,1-2H3;3-4H,1-2H2/b;4-3+;;. The van der Waals surface area contributed by atoms with E-state index in [-0.39, 0.29) is 26.4 Å². The van der Waals surface area contributed by atoms with Crippen molar-refractivity contribution in [3.8, 4) is 0 Å². The van der Waals surface area contributed by atoms with Crippen molar-refractivity contribution < 1.29 is 44.1 Å². The van der Waals surface area contributed by atoms with Gasteiger partial charge in [0.15, 0.2) is 0 Å². The molecule has 0 aliphatic rings. The van der Waals surface area contributed by atoms with Crippen LogP contribution in [0, 0.1) is 0 Å². The lowest BCUT2D eigenvalue weighted by Gasteiger charge is -2.04. The molecule has 0 aromatic rings. The summed E-state index contributed by atoms with van der Waals surface area (Å²) in [5, 5.41) is 32.0. The van der Waals surface area contributed by atoms with Crippen molar-refractivity contribution in [3.63, 3.8) is 0 Å². The van der Waals surface area contributed by atoms with E-state index in [0.29, 0.717) is 39.6 Å². The van der Waals surface area contributed by atoms with Crippen molar-refractivity contribution in [3.05, 3.63) is 12.3 Å². The lowest BCUT2D eigenvalue weighted by molar-refractivity contribution is 0.00230. The third-order valence-corrected chi connectivity index (χ3v) is 2.00. The van der Waals surface area contributed by atoms with E-state index in [2.05, 4.69) is 4.74 Å². The van der Waals surface area contributed by atoms with Gasteiger partial charge in [-0.25, -0.2) is 0 Å². The summed E-state index contributed by atoms with van der Waals surface area (Å²) in [5.41, 5.74) is 0. The number of allylic oxidation sites excluding steroid dienone is 1. The van der Waals surface area contributed by atoms with Gasteiger partial charge >= 0.3 is 0 Å². The van der Waals surface area contributed by atoms with E-state index in [1.54, 1.807) is 13.4 Å². The predicted molar refractivity (Wildman–Crippen MR) is 105 cm³/mol. The van der Waals surface area contributed by atoms with Crippen LogP contribution in [0.5, 0.6) is 0 Å². The van der Waals surface area contributed by atoms with Crippen LogP contribution in [0.3, 0.4) is 0 Å². The van der Waals surface area contributed by atoms with Crippen molar-refractivity contribution >= 4 is 0 Å². The van der Waals surface area contributed by atoms with E-state index in [1.165, 1.54) is 0 Å². The van der Waals surface area contributed by atoms with Gasteiger partial charge < -0.3 is 44.1 Å². The van der Waals surface area contributed by atoms with Gasteiger partial charge in [-0.05, 0) is 20.8 Å². The summed E-state index contributed by atoms with van der Waals surface area (Å²) in [5.74, 6) is 0. The number of hydrogen-bond donors (Lipinski definition) is 4. The van der Waals surface area contributed by atoms with Crippen LogP contribution in [-0.2, 0) is 23.7 Å². The maximum Gasteiger partial charge on any atom is 0.0781 e. The molecule has 4 N–H and O–H groups in total. The van der Waals surface area contributed by atoms with Crippen LogP contribution >= 0.6 is 0 Å². The zero-order valence-corrected chi connectivity index (χ0v) is 17.5. The molecule has 0 aromatic heterocycles. The van der Waals surface area contributed by atoms with Gasteiger partial charge in [-0.2, -0.15) is 0 Å². The first-order chi connectivity index (χ1) is 13.2. The molecule has 0 aliphatic heterocycles. The largest absolute Gasteiger partial charge is 0.505 e. The van der Waals surface area contributed by atoms with Crippen molar-refractivity contribution in [2.45, 2.75) is 20.8 Å². The number of aliphatic hydroxyl groups excluding tert-OH is 4. The molecule has 0 heterocycles. The number of rotatable bonds is 14. The summed E-state index contributed by atoms with van der Waals surface area (Å²) in [7, 11) is 1.62. The number of aliphatic hydroxyl groups is 4. The number of ether oxygens (including phenoxy) is 5. The second-order valence-corrected chi connectivity index (χ2v) is 4.22. The molecule has 0 fully saturated rings. The Labute approximate surface area is 164 Å². The average molecular weight is 403 g/mol. The monoisotopic (exact) mass is 402 g/mol. The molecule has 0 bridgehead atoms. The molecule has 0 saturated heterocycles. The number of methoxy groups -OCH3 is 1. The highest BCUT2D eigenvalue weighted by molar-refractivity contribution is 4.63. The molecular weight excluding hydrogens is 360 g/mol. The minimum absolute atomic E-state index is 0.0413. The molecule has 0 atom stereocenters. The van der Waals surface area contributed by atoms with Gasteiger partial charge in [0.1, 0.15) is 0 Å². The highest BCUT2D eigenvalue weighted by Gasteiger charge is 1.89. The van der Waals surface area contributed by atoms with Crippen LogP contribution in [0.2, 0.25) is 0 Å². The normalized spacial score (nSPS) is 9.48. The van der Waals surface area contributed by atoms with Crippen LogP contribution in [0.4, 0.5) is 0 Å². The van der Waals surface area contributed by atoms with Crippen molar-refractivity contribution in [2.75, 3.05) is 86.4 Å². The van der Waals surface area contributed by atoms with Crippen molar-refractivity contribution in [1.82, 2.24) is 0 Å². The van der Waals surface area contributed by atoms with Gasteiger partial charge in [0.25, 0.3) is 0 Å². The maximum atomic E-state index is 8.36. The molecular formula is C18H42O9. The molecule has 0 rings (SSSR count). The molecule has 0 spiro atoms. The van der Waals surface area contributed by atoms with E-state index >= 15 is 0 Å². The van der Waals surface area contributed by atoms with Gasteiger partial charge in [-0.15, -0.1) is 0 Å². The van der Waals surface area contributed by atoms with Gasteiger partial charge in [-0.1, -0.05) is 6.08 Å². The fourth-order valence-corrected chi connectivity index (χ4v) is 1.01. The van der Waals surface area contributed by atoms with Crippen LogP contribution < -0.4 is 0 Å². The molecule has 0 aromatic carbocycles. The Morgan fingerprint density at radius 2 is 0.963 bits per heavy atom. The second kappa shape index (κ2) is 44.6. The highest BCUT2D eigenvalue weighted by Crippen LogP contribution is 1.80. The Balaban J connectivity index is -0.000000155. The molecule has 9 nitrogen and oxygen atoms in total. The van der Waals surface area contributed by atoms with E-state index in [0.717, 1.165) is 13.2 Å². The molecule has 168 valence electrons. The summed E-state index contributed by atoms with van der Waals surface area (Å²) < 4.78 is 24.4. The van der Waals surface area contributed by atoms with Gasteiger partial charge in [0.05, 0.1) is 79.4 Å². The highest BCUT2D eigenvalue weighted by atomic mass is 16.5. The SMILES string of the molecule is C/C=C/OC.CCOCC.OCCO.OCCOCCOCCOCCO. The van der Waals surface area contributed by atoms with E-state index in [4.69, 9.17) is 39.4 Å². The first-order valence-electron chi connectivity index (χ1n) is 9.04. The van der Waals surface area contributed by atoms with E-state index in [1.807, 2.05) is 26.8 Å². The summed E-state index contributed by atoms with van der Waals surface area (Å²) in [4.78, 5) is 0. The summed E-state index contributed by atoms with van der Waals surface area (Å²) in [6.45, 7) is 10.1.